The van der Waals surface area contributed by atoms with Crippen LogP contribution in [0.2, 0.25) is 0 Å². The number of fused-ring (bicyclic) bond motifs is 8. The number of rotatable bonds is 15. The van der Waals surface area contributed by atoms with E-state index in [0.29, 0.717) is 0 Å². The maximum absolute atomic E-state index is 2.66. The van der Waals surface area contributed by atoms with Gasteiger partial charge in [-0.25, -0.2) is 0 Å². The van der Waals surface area contributed by atoms with Gasteiger partial charge in [-0.05, 0) is 162 Å². The largest absolute Gasteiger partial charge is 0.309 e. The van der Waals surface area contributed by atoms with Crippen molar-refractivity contribution in [3.63, 3.8) is 0 Å². The summed E-state index contributed by atoms with van der Waals surface area (Å²) in [6.45, 7) is 9.18. The molecule has 354 valence electrons. The van der Waals surface area contributed by atoms with Crippen LogP contribution >= 0.6 is 0 Å². The van der Waals surface area contributed by atoms with Crippen molar-refractivity contribution in [2.45, 2.75) is 97.3 Å². The Morgan fingerprint density at radius 2 is 0.778 bits per heavy atom. The fourth-order valence-electron chi connectivity index (χ4n) is 12.9. The Labute approximate surface area is 426 Å². The molecule has 0 spiro atoms. The van der Waals surface area contributed by atoms with Crippen molar-refractivity contribution in [1.29, 1.82) is 0 Å². The standard InChI is InChI=1S/C71H65N/c1-5-7-9-21-43-71(44-22-10-8-6-2)65-46-53(70-63-31-19-17-29-61(63)69(62-30-18-20-32-64(62)70)52-36-35-50-23-11-12-24-51(50)45-52)37-39-57(65)58-40-38-54(47-66(58)71)72(67-41-33-48(3)55-25-13-15-27-59(55)67)68-42-34-49(4)56-26-14-16-28-60(56)68/h11-20,23-42,45-47H,5-10,21-22,43-44H2,1-4H3. The normalized spacial score (nSPS) is 12.8. The van der Waals surface area contributed by atoms with E-state index >= 15 is 0 Å². The lowest BCUT2D eigenvalue weighted by molar-refractivity contribution is 0.401. The second-order valence-electron chi connectivity index (χ2n) is 20.8. The predicted molar refractivity (Wildman–Crippen MR) is 313 cm³/mol. The van der Waals surface area contributed by atoms with Crippen LogP contribution < -0.4 is 4.90 Å². The van der Waals surface area contributed by atoms with Crippen molar-refractivity contribution in [3.05, 3.63) is 222 Å². The Morgan fingerprint density at radius 3 is 1.31 bits per heavy atom. The highest BCUT2D eigenvalue weighted by molar-refractivity contribution is 6.22. The minimum Gasteiger partial charge on any atom is -0.309 e. The van der Waals surface area contributed by atoms with E-state index < -0.39 is 0 Å². The smallest absolute Gasteiger partial charge is 0.0540 e. The van der Waals surface area contributed by atoms with Gasteiger partial charge in [0.2, 0.25) is 0 Å². The average molecular weight is 932 g/mol. The molecule has 0 N–H and O–H groups in total. The van der Waals surface area contributed by atoms with Crippen molar-refractivity contribution in [2.24, 2.45) is 0 Å². The first-order chi connectivity index (χ1) is 35.5. The summed E-state index contributed by atoms with van der Waals surface area (Å²) in [5, 5.41) is 12.9. The van der Waals surface area contributed by atoms with Crippen LogP contribution in [0.15, 0.2) is 200 Å². The lowest BCUT2D eigenvalue weighted by atomic mass is 9.70. The van der Waals surface area contributed by atoms with Gasteiger partial charge in [-0.3, -0.25) is 0 Å². The summed E-state index contributed by atoms with van der Waals surface area (Å²) in [7, 11) is 0. The summed E-state index contributed by atoms with van der Waals surface area (Å²) in [5.74, 6) is 0. The van der Waals surface area contributed by atoms with Gasteiger partial charge >= 0.3 is 0 Å². The number of benzene rings is 11. The Morgan fingerprint density at radius 1 is 0.347 bits per heavy atom. The highest BCUT2D eigenvalue weighted by Crippen LogP contribution is 2.58. The molecule has 0 aliphatic heterocycles. The van der Waals surface area contributed by atoms with Crippen molar-refractivity contribution >= 4 is 70.9 Å². The molecule has 11 aromatic carbocycles. The maximum atomic E-state index is 2.66. The van der Waals surface area contributed by atoms with E-state index in [4.69, 9.17) is 0 Å². The van der Waals surface area contributed by atoms with Gasteiger partial charge in [-0.15, -0.1) is 0 Å². The Bertz CT molecular complexity index is 3680. The molecule has 0 saturated heterocycles. The molecule has 72 heavy (non-hydrogen) atoms. The van der Waals surface area contributed by atoms with E-state index in [-0.39, 0.29) is 5.41 Å². The molecule has 1 aliphatic carbocycles. The number of hydrogen-bond acceptors (Lipinski definition) is 1. The van der Waals surface area contributed by atoms with Crippen LogP contribution in [-0.4, -0.2) is 0 Å². The molecule has 0 amide bonds. The van der Waals surface area contributed by atoms with E-state index in [9.17, 15) is 0 Å². The van der Waals surface area contributed by atoms with E-state index in [1.807, 2.05) is 0 Å². The summed E-state index contributed by atoms with van der Waals surface area (Å²) >= 11 is 0. The van der Waals surface area contributed by atoms with E-state index in [1.54, 1.807) is 0 Å². The molecule has 0 atom stereocenters. The molecule has 0 unspecified atom stereocenters. The van der Waals surface area contributed by atoms with Gasteiger partial charge in [0.1, 0.15) is 0 Å². The van der Waals surface area contributed by atoms with Crippen molar-refractivity contribution < 1.29 is 0 Å². The molecule has 1 nitrogen and oxygen atoms in total. The van der Waals surface area contributed by atoms with Crippen LogP contribution in [0.4, 0.5) is 17.1 Å². The maximum Gasteiger partial charge on any atom is 0.0540 e. The summed E-state index contributed by atoms with van der Waals surface area (Å²) < 4.78 is 0. The van der Waals surface area contributed by atoms with Gasteiger partial charge in [0.05, 0.1) is 11.4 Å². The van der Waals surface area contributed by atoms with E-state index in [0.717, 1.165) is 12.8 Å². The molecule has 0 heterocycles. The van der Waals surface area contributed by atoms with Crippen LogP contribution in [0.3, 0.4) is 0 Å². The first-order valence-corrected chi connectivity index (χ1v) is 27.0. The van der Waals surface area contributed by atoms with Gasteiger partial charge in [-0.1, -0.05) is 229 Å². The monoisotopic (exact) mass is 932 g/mol. The summed E-state index contributed by atoms with van der Waals surface area (Å²) in [6.07, 6.45) is 12.2. The summed E-state index contributed by atoms with van der Waals surface area (Å²) in [6, 6.07) is 76.7. The molecule has 0 bridgehead atoms. The number of unbranched alkanes of at least 4 members (excludes halogenated alkanes) is 6. The first kappa shape index (κ1) is 45.6. The first-order valence-electron chi connectivity index (χ1n) is 27.0. The molecular formula is C71H65N. The molecule has 12 rings (SSSR count). The number of nitrogens with zero attached hydrogens (tertiary/aromatic N) is 1. The third kappa shape index (κ3) is 7.77. The summed E-state index contributed by atoms with van der Waals surface area (Å²) in [5.41, 5.74) is 17.1. The minimum absolute atomic E-state index is 0.148. The highest BCUT2D eigenvalue weighted by atomic mass is 15.1. The number of aryl methyl sites for hydroxylation is 2. The van der Waals surface area contributed by atoms with Crippen molar-refractivity contribution in [2.75, 3.05) is 4.90 Å². The number of hydrogen-bond donors (Lipinski definition) is 0. The zero-order valence-electron chi connectivity index (χ0n) is 42.6. The lowest BCUT2D eigenvalue weighted by Gasteiger charge is -2.35. The Kier molecular flexibility index (Phi) is 12.2. The molecule has 0 saturated carbocycles. The van der Waals surface area contributed by atoms with Crippen LogP contribution in [0.1, 0.15) is 100 Å². The van der Waals surface area contributed by atoms with E-state index in [1.165, 1.54) is 178 Å². The van der Waals surface area contributed by atoms with E-state index in [2.05, 4.69) is 233 Å². The van der Waals surface area contributed by atoms with Crippen LogP contribution in [0, 0.1) is 13.8 Å². The number of anilines is 3. The van der Waals surface area contributed by atoms with Gasteiger partial charge in [-0.2, -0.15) is 0 Å². The topological polar surface area (TPSA) is 3.24 Å². The third-order valence-corrected chi connectivity index (χ3v) is 16.5. The van der Waals surface area contributed by atoms with Crippen LogP contribution in [0.25, 0.3) is 87.2 Å². The summed E-state index contributed by atoms with van der Waals surface area (Å²) in [4.78, 5) is 2.59. The van der Waals surface area contributed by atoms with Gasteiger partial charge in [0.15, 0.2) is 0 Å². The molecule has 0 radical (unpaired) electrons. The fourth-order valence-corrected chi connectivity index (χ4v) is 12.9. The molecule has 11 aromatic rings. The lowest BCUT2D eigenvalue weighted by Crippen LogP contribution is -2.26. The minimum atomic E-state index is -0.148. The molecule has 0 fully saturated rings. The fraction of sp³-hybridized carbons (Fsp3) is 0.211. The van der Waals surface area contributed by atoms with Gasteiger partial charge in [0.25, 0.3) is 0 Å². The second-order valence-corrected chi connectivity index (χ2v) is 20.8. The quantitative estimate of drug-likeness (QED) is 0.0731. The highest BCUT2D eigenvalue weighted by Gasteiger charge is 2.43. The third-order valence-electron chi connectivity index (χ3n) is 16.5. The SMILES string of the molecule is CCCCCCC1(CCCCCC)c2cc(-c3c4ccccc4c(-c4ccc5ccccc5c4)c4ccccc34)ccc2-c2ccc(N(c3ccc(C)c4ccccc34)c3ccc(C)c4ccccc34)cc21. The van der Waals surface area contributed by atoms with Crippen LogP contribution in [-0.2, 0) is 5.41 Å². The molecular weight excluding hydrogens is 867 g/mol. The molecule has 1 aliphatic rings. The Hall–Kier alpha value is -7.48. The zero-order chi connectivity index (χ0) is 48.8. The second kappa shape index (κ2) is 19.3. The van der Waals surface area contributed by atoms with Crippen LogP contribution in [0.5, 0.6) is 0 Å². The van der Waals surface area contributed by atoms with Gasteiger partial charge < -0.3 is 4.90 Å². The molecule has 1 heteroatoms. The van der Waals surface area contributed by atoms with Crippen molar-refractivity contribution in [3.8, 4) is 33.4 Å². The predicted octanol–water partition coefficient (Wildman–Crippen LogP) is 21.1. The van der Waals surface area contributed by atoms with Gasteiger partial charge in [0, 0.05) is 21.9 Å². The zero-order valence-corrected chi connectivity index (χ0v) is 42.6. The Balaban J connectivity index is 1.09. The van der Waals surface area contributed by atoms with Crippen molar-refractivity contribution in [1.82, 2.24) is 0 Å². The average Bonchev–Trinajstić information content (AvgIpc) is 3.69. The molecule has 0 aromatic heterocycles.